The van der Waals surface area contributed by atoms with Crippen molar-refractivity contribution in [2.45, 2.75) is 56.4 Å². The number of aryl methyl sites for hydroxylation is 1. The third-order valence-corrected chi connectivity index (χ3v) is 4.87. The summed E-state index contributed by atoms with van der Waals surface area (Å²) in [5, 5.41) is 0. The zero-order chi connectivity index (χ0) is 12.5. The average Bonchev–Trinajstić information content (AvgIpc) is 2.33. The molecule has 1 aromatic carbocycles. The molecule has 2 heteroatoms. The minimum absolute atomic E-state index is 0.0706. The highest BCUT2D eigenvalue weighted by molar-refractivity contribution is 7.98. The molecule has 2 rings (SSSR count). The topological polar surface area (TPSA) is 26.0 Å². The highest BCUT2D eigenvalue weighted by atomic mass is 32.2. The third kappa shape index (κ3) is 2.53. The van der Waals surface area contributed by atoms with Crippen LogP contribution >= 0.6 is 11.8 Å². The summed E-state index contributed by atoms with van der Waals surface area (Å²) >= 11 is 1.81. The minimum Gasteiger partial charge on any atom is -0.321 e. The lowest BCUT2D eigenvalue weighted by Gasteiger charge is -2.36. The van der Waals surface area contributed by atoms with Gasteiger partial charge in [0.2, 0.25) is 0 Å². The molecule has 1 aliphatic rings. The van der Waals surface area contributed by atoms with Gasteiger partial charge in [-0.2, -0.15) is 0 Å². The van der Waals surface area contributed by atoms with Crippen LogP contribution in [0.4, 0.5) is 0 Å². The molecule has 0 saturated heterocycles. The van der Waals surface area contributed by atoms with Crippen LogP contribution in [0.5, 0.6) is 0 Å². The Bertz CT molecular complexity index is 406. The average molecular weight is 249 g/mol. The summed E-state index contributed by atoms with van der Waals surface area (Å²) in [7, 11) is 0. The highest BCUT2D eigenvalue weighted by Crippen LogP contribution is 2.38. The molecule has 1 saturated carbocycles. The second-order valence-electron chi connectivity index (χ2n) is 5.33. The molecule has 1 nitrogen and oxygen atoms in total. The van der Waals surface area contributed by atoms with Gasteiger partial charge in [0.15, 0.2) is 0 Å². The first-order valence-corrected chi connectivity index (χ1v) is 7.74. The first kappa shape index (κ1) is 13.0. The van der Waals surface area contributed by atoms with Crippen molar-refractivity contribution in [2.24, 2.45) is 5.73 Å². The van der Waals surface area contributed by atoms with Gasteiger partial charge in [-0.1, -0.05) is 19.3 Å². The van der Waals surface area contributed by atoms with Crippen LogP contribution in [0.15, 0.2) is 17.0 Å². The zero-order valence-corrected chi connectivity index (χ0v) is 12.0. The highest BCUT2D eigenvalue weighted by Gasteiger charge is 2.31. The van der Waals surface area contributed by atoms with Crippen LogP contribution < -0.4 is 5.73 Å². The van der Waals surface area contributed by atoms with Gasteiger partial charge in [-0.05, 0) is 61.8 Å². The van der Waals surface area contributed by atoms with E-state index in [1.807, 2.05) is 11.8 Å². The Kier molecular flexibility index (Phi) is 3.84. The predicted molar refractivity (Wildman–Crippen MR) is 76.6 cm³/mol. The normalized spacial score (nSPS) is 19.3. The van der Waals surface area contributed by atoms with Crippen molar-refractivity contribution in [3.05, 3.63) is 28.8 Å². The molecule has 94 valence electrons. The van der Waals surface area contributed by atoms with E-state index in [-0.39, 0.29) is 5.54 Å². The van der Waals surface area contributed by atoms with Gasteiger partial charge in [-0.25, -0.2) is 0 Å². The molecule has 0 aliphatic heterocycles. The maximum Gasteiger partial charge on any atom is 0.0412 e. The van der Waals surface area contributed by atoms with Crippen molar-refractivity contribution >= 4 is 11.8 Å². The van der Waals surface area contributed by atoms with Crippen LogP contribution in [0.2, 0.25) is 0 Å². The van der Waals surface area contributed by atoms with Gasteiger partial charge in [-0.3, -0.25) is 0 Å². The lowest BCUT2D eigenvalue weighted by Crippen LogP contribution is -2.39. The molecule has 0 amide bonds. The lowest BCUT2D eigenvalue weighted by molar-refractivity contribution is 0.300. The van der Waals surface area contributed by atoms with Crippen molar-refractivity contribution in [3.8, 4) is 0 Å². The summed E-state index contributed by atoms with van der Waals surface area (Å²) in [6.45, 7) is 4.42. The van der Waals surface area contributed by atoms with E-state index in [0.717, 1.165) is 12.8 Å². The van der Waals surface area contributed by atoms with Crippen LogP contribution in [-0.4, -0.2) is 6.26 Å². The summed E-state index contributed by atoms with van der Waals surface area (Å²) in [5.74, 6) is 0. The zero-order valence-electron chi connectivity index (χ0n) is 11.2. The van der Waals surface area contributed by atoms with Crippen molar-refractivity contribution in [1.29, 1.82) is 0 Å². The molecule has 1 fully saturated rings. The van der Waals surface area contributed by atoms with Crippen LogP contribution in [0, 0.1) is 13.8 Å². The smallest absolute Gasteiger partial charge is 0.0412 e. The van der Waals surface area contributed by atoms with E-state index >= 15 is 0 Å². The van der Waals surface area contributed by atoms with Gasteiger partial charge in [0, 0.05) is 10.4 Å². The monoisotopic (exact) mass is 249 g/mol. The molecule has 1 aromatic rings. The van der Waals surface area contributed by atoms with Crippen molar-refractivity contribution < 1.29 is 0 Å². The molecule has 0 radical (unpaired) electrons. The quantitative estimate of drug-likeness (QED) is 0.797. The van der Waals surface area contributed by atoms with Crippen molar-refractivity contribution in [3.63, 3.8) is 0 Å². The number of benzene rings is 1. The molecular weight excluding hydrogens is 226 g/mol. The fraction of sp³-hybridized carbons (Fsp3) is 0.600. The standard InChI is InChI=1S/C15H23NS/c1-11-9-13(17-3)10-14(12(11)2)15(16)7-5-4-6-8-15/h9-10H,4-8,16H2,1-3H3. The van der Waals surface area contributed by atoms with Gasteiger partial charge in [0.05, 0.1) is 0 Å². The minimum atomic E-state index is -0.0706. The van der Waals surface area contributed by atoms with E-state index in [1.54, 1.807) is 0 Å². The SMILES string of the molecule is CSc1cc(C)c(C)c(C2(N)CCCCC2)c1. The predicted octanol–water partition coefficient (Wildman–Crippen LogP) is 4.14. The number of rotatable bonds is 2. The number of hydrogen-bond acceptors (Lipinski definition) is 2. The van der Waals surface area contributed by atoms with Gasteiger partial charge in [-0.15, -0.1) is 11.8 Å². The first-order chi connectivity index (χ1) is 8.07. The molecule has 0 aromatic heterocycles. The summed E-state index contributed by atoms with van der Waals surface area (Å²) in [4.78, 5) is 1.35. The molecule has 17 heavy (non-hydrogen) atoms. The van der Waals surface area contributed by atoms with E-state index in [2.05, 4.69) is 32.2 Å². The molecule has 0 spiro atoms. The van der Waals surface area contributed by atoms with Gasteiger partial charge in [0.1, 0.15) is 0 Å². The summed E-state index contributed by atoms with van der Waals surface area (Å²) < 4.78 is 0. The Balaban J connectivity index is 2.45. The van der Waals surface area contributed by atoms with Gasteiger partial charge >= 0.3 is 0 Å². The Morgan fingerprint density at radius 3 is 2.35 bits per heavy atom. The van der Waals surface area contributed by atoms with Crippen molar-refractivity contribution in [1.82, 2.24) is 0 Å². The summed E-state index contributed by atoms with van der Waals surface area (Å²) in [6.07, 6.45) is 8.32. The van der Waals surface area contributed by atoms with Crippen LogP contribution in [0.25, 0.3) is 0 Å². The summed E-state index contributed by atoms with van der Waals surface area (Å²) in [6, 6.07) is 4.59. The molecule has 1 aliphatic carbocycles. The van der Waals surface area contributed by atoms with Gasteiger partial charge in [0.25, 0.3) is 0 Å². The maximum atomic E-state index is 6.66. The molecule has 0 heterocycles. The molecule has 0 bridgehead atoms. The summed E-state index contributed by atoms with van der Waals surface area (Å²) in [5.41, 5.74) is 10.8. The van der Waals surface area contributed by atoms with Crippen LogP contribution in [0.1, 0.15) is 48.8 Å². The van der Waals surface area contributed by atoms with Crippen LogP contribution in [-0.2, 0) is 5.54 Å². The third-order valence-electron chi connectivity index (χ3n) is 4.16. The second-order valence-corrected chi connectivity index (χ2v) is 6.21. The second kappa shape index (κ2) is 5.03. The van der Waals surface area contributed by atoms with Crippen molar-refractivity contribution in [2.75, 3.05) is 6.26 Å². The van der Waals surface area contributed by atoms with E-state index in [4.69, 9.17) is 5.73 Å². The number of thioether (sulfide) groups is 1. The molecular formula is C15H23NS. The Morgan fingerprint density at radius 2 is 1.76 bits per heavy atom. The van der Waals surface area contributed by atoms with E-state index in [0.29, 0.717) is 0 Å². The van der Waals surface area contributed by atoms with Crippen LogP contribution in [0.3, 0.4) is 0 Å². The van der Waals surface area contributed by atoms with E-state index in [9.17, 15) is 0 Å². The van der Waals surface area contributed by atoms with Gasteiger partial charge < -0.3 is 5.73 Å². The molecule has 0 atom stereocenters. The van der Waals surface area contributed by atoms with E-state index in [1.165, 1.54) is 40.8 Å². The molecule has 2 N–H and O–H groups in total. The lowest BCUT2D eigenvalue weighted by atomic mass is 9.75. The Labute approximate surface area is 109 Å². The largest absolute Gasteiger partial charge is 0.321 e. The number of nitrogens with two attached hydrogens (primary N) is 1. The van der Waals surface area contributed by atoms with E-state index < -0.39 is 0 Å². The Hall–Kier alpha value is -0.470. The Morgan fingerprint density at radius 1 is 1.12 bits per heavy atom. The molecule has 0 unspecified atom stereocenters. The first-order valence-electron chi connectivity index (χ1n) is 6.51. The maximum absolute atomic E-state index is 6.66. The fourth-order valence-electron chi connectivity index (χ4n) is 2.91. The fourth-order valence-corrected chi connectivity index (χ4v) is 3.44. The number of hydrogen-bond donors (Lipinski definition) is 1.